The summed E-state index contributed by atoms with van der Waals surface area (Å²) in [6.45, 7) is 14.7. The van der Waals surface area contributed by atoms with Crippen molar-refractivity contribution in [1.29, 1.82) is 0 Å². The third kappa shape index (κ3) is 6.47. The van der Waals surface area contributed by atoms with Crippen molar-refractivity contribution in [1.82, 2.24) is 0 Å². The van der Waals surface area contributed by atoms with Crippen LogP contribution in [0.4, 0.5) is 0 Å². The summed E-state index contributed by atoms with van der Waals surface area (Å²) in [7, 11) is 0. The van der Waals surface area contributed by atoms with E-state index in [1.165, 1.54) is 38.5 Å². The Balaban J connectivity index is 1.56. The van der Waals surface area contributed by atoms with E-state index in [0.717, 1.165) is 25.9 Å². The van der Waals surface area contributed by atoms with Crippen LogP contribution < -0.4 is 0 Å². The predicted molar refractivity (Wildman–Crippen MR) is 124 cm³/mol. The Bertz CT molecular complexity index is 614. The van der Waals surface area contributed by atoms with Crippen molar-refractivity contribution in [3.05, 3.63) is 0 Å². The van der Waals surface area contributed by atoms with Crippen LogP contribution >= 0.6 is 0 Å². The molecule has 0 N–H and O–H groups in total. The van der Waals surface area contributed by atoms with Gasteiger partial charge in [0.15, 0.2) is 12.6 Å². The van der Waals surface area contributed by atoms with Gasteiger partial charge in [0, 0.05) is 25.6 Å². The molecule has 0 aromatic carbocycles. The second-order valence-electron chi connectivity index (χ2n) is 10.8. The highest BCUT2D eigenvalue weighted by Crippen LogP contribution is 2.58. The molecule has 2 aliphatic carbocycles. The fourth-order valence-corrected chi connectivity index (χ4v) is 6.39. The zero-order chi connectivity index (χ0) is 22.5. The molecule has 0 bridgehead atoms. The molecule has 1 aliphatic heterocycles. The van der Waals surface area contributed by atoms with Crippen LogP contribution in [0, 0.1) is 35.0 Å². The second kappa shape index (κ2) is 11.0. The van der Waals surface area contributed by atoms with E-state index >= 15 is 0 Å². The summed E-state index contributed by atoms with van der Waals surface area (Å²) in [5.74, 6) is 8.77. The Morgan fingerprint density at radius 3 is 2.61 bits per heavy atom. The number of fused-ring (bicyclic) bond motifs is 1. The SMILES string of the molecule is CCOC(C)O[C@@H]1CCC[C@@]2(C)[C@@H](C(C)C#CCC(C)(C)OC3CCCCO3)CC[C@H]12. The molecular weight excluding hydrogens is 388 g/mol. The minimum atomic E-state index is -0.268. The fraction of sp³-hybridized carbons (Fsp3) is 0.926. The van der Waals surface area contributed by atoms with Gasteiger partial charge in [0.25, 0.3) is 0 Å². The highest BCUT2D eigenvalue weighted by atomic mass is 16.7. The molecule has 7 atom stereocenters. The summed E-state index contributed by atoms with van der Waals surface area (Å²) in [5, 5.41) is 0. The van der Waals surface area contributed by atoms with Crippen LogP contribution in [-0.4, -0.2) is 37.5 Å². The molecule has 2 saturated carbocycles. The number of hydrogen-bond acceptors (Lipinski definition) is 4. The maximum Gasteiger partial charge on any atom is 0.158 e. The lowest BCUT2D eigenvalue weighted by Gasteiger charge is -2.46. The molecule has 0 aromatic heterocycles. The Kier molecular flexibility index (Phi) is 8.89. The van der Waals surface area contributed by atoms with E-state index in [1.54, 1.807) is 0 Å². The van der Waals surface area contributed by atoms with Crippen LogP contribution in [0.5, 0.6) is 0 Å². The average molecular weight is 435 g/mol. The molecule has 0 aromatic rings. The zero-order valence-corrected chi connectivity index (χ0v) is 20.9. The van der Waals surface area contributed by atoms with Crippen molar-refractivity contribution in [2.45, 2.75) is 124 Å². The van der Waals surface area contributed by atoms with Gasteiger partial charge in [-0.15, -0.1) is 5.92 Å². The highest BCUT2D eigenvalue weighted by molar-refractivity contribution is 5.12. The topological polar surface area (TPSA) is 36.9 Å². The summed E-state index contributed by atoms with van der Waals surface area (Å²) in [6, 6.07) is 0. The average Bonchev–Trinajstić information content (AvgIpc) is 3.06. The van der Waals surface area contributed by atoms with Gasteiger partial charge in [-0.3, -0.25) is 0 Å². The number of hydrogen-bond donors (Lipinski definition) is 0. The first-order valence-corrected chi connectivity index (χ1v) is 12.8. The second-order valence-corrected chi connectivity index (χ2v) is 10.8. The van der Waals surface area contributed by atoms with Crippen LogP contribution in [0.15, 0.2) is 0 Å². The van der Waals surface area contributed by atoms with Crippen molar-refractivity contribution >= 4 is 0 Å². The molecule has 3 unspecified atom stereocenters. The lowest BCUT2D eigenvalue weighted by molar-refractivity contribution is -0.213. The summed E-state index contributed by atoms with van der Waals surface area (Å²) in [5.41, 5.74) is 0.0565. The normalized spacial score (nSPS) is 35.7. The van der Waals surface area contributed by atoms with Gasteiger partial charge in [-0.1, -0.05) is 26.2 Å². The maximum absolute atomic E-state index is 6.35. The van der Waals surface area contributed by atoms with Gasteiger partial charge in [-0.05, 0) is 89.9 Å². The van der Waals surface area contributed by atoms with Crippen LogP contribution in [0.1, 0.15) is 99.3 Å². The van der Waals surface area contributed by atoms with Crippen molar-refractivity contribution in [2.75, 3.05) is 13.2 Å². The Hall–Kier alpha value is -0.600. The molecule has 178 valence electrons. The Labute approximate surface area is 191 Å². The van der Waals surface area contributed by atoms with Crippen LogP contribution in [0.3, 0.4) is 0 Å². The molecule has 1 saturated heterocycles. The van der Waals surface area contributed by atoms with Crippen LogP contribution in [0.2, 0.25) is 0 Å². The summed E-state index contributed by atoms with van der Waals surface area (Å²) < 4.78 is 24.0. The molecule has 3 fully saturated rings. The standard InChI is InChI=1S/C27H46O4/c1-7-28-21(3)30-24-13-11-18-27(6)22(15-16-23(24)27)20(2)12-10-17-26(4,5)31-25-14-8-9-19-29-25/h20-25H,7-9,11,13-19H2,1-6H3/t20?,21?,22-,23-,24-,25?,27+/m1/s1. The Morgan fingerprint density at radius 1 is 1.10 bits per heavy atom. The zero-order valence-electron chi connectivity index (χ0n) is 20.9. The van der Waals surface area contributed by atoms with E-state index in [-0.39, 0.29) is 18.2 Å². The van der Waals surface area contributed by atoms with E-state index in [0.29, 0.717) is 35.9 Å². The molecule has 4 nitrogen and oxygen atoms in total. The molecule has 3 rings (SSSR count). The molecule has 31 heavy (non-hydrogen) atoms. The summed E-state index contributed by atoms with van der Waals surface area (Å²) >= 11 is 0. The maximum atomic E-state index is 6.35. The van der Waals surface area contributed by atoms with Gasteiger partial charge in [0.1, 0.15) is 0 Å². The first-order chi connectivity index (χ1) is 14.7. The molecule has 0 amide bonds. The molecule has 0 spiro atoms. The summed E-state index contributed by atoms with van der Waals surface area (Å²) in [4.78, 5) is 0. The van der Waals surface area contributed by atoms with Gasteiger partial charge in [-0.2, -0.15) is 0 Å². The number of rotatable bonds is 8. The third-order valence-electron chi connectivity index (χ3n) is 7.94. The van der Waals surface area contributed by atoms with Crippen LogP contribution in [-0.2, 0) is 18.9 Å². The number of ether oxygens (including phenoxy) is 4. The highest BCUT2D eigenvalue weighted by Gasteiger charge is 2.53. The molecule has 3 aliphatic rings. The largest absolute Gasteiger partial charge is 0.353 e. The van der Waals surface area contributed by atoms with E-state index in [4.69, 9.17) is 18.9 Å². The minimum Gasteiger partial charge on any atom is -0.353 e. The van der Waals surface area contributed by atoms with E-state index in [9.17, 15) is 0 Å². The third-order valence-corrected chi connectivity index (χ3v) is 7.94. The van der Waals surface area contributed by atoms with Crippen molar-refractivity contribution in [3.63, 3.8) is 0 Å². The van der Waals surface area contributed by atoms with E-state index < -0.39 is 0 Å². The van der Waals surface area contributed by atoms with Crippen molar-refractivity contribution in [3.8, 4) is 11.8 Å². The Morgan fingerprint density at radius 2 is 1.90 bits per heavy atom. The smallest absolute Gasteiger partial charge is 0.158 e. The summed E-state index contributed by atoms with van der Waals surface area (Å²) in [6.07, 6.45) is 10.5. The molecule has 4 heteroatoms. The first-order valence-electron chi connectivity index (χ1n) is 12.8. The van der Waals surface area contributed by atoms with Gasteiger partial charge in [0.05, 0.1) is 11.7 Å². The van der Waals surface area contributed by atoms with Gasteiger partial charge in [0.2, 0.25) is 0 Å². The van der Waals surface area contributed by atoms with Gasteiger partial charge < -0.3 is 18.9 Å². The first kappa shape index (κ1) is 25.0. The monoisotopic (exact) mass is 434 g/mol. The van der Waals surface area contributed by atoms with Crippen molar-refractivity contribution in [2.24, 2.45) is 23.2 Å². The quantitative estimate of drug-likeness (QED) is 0.331. The van der Waals surface area contributed by atoms with Crippen LogP contribution in [0.25, 0.3) is 0 Å². The lowest BCUT2D eigenvalue weighted by atomic mass is 9.62. The lowest BCUT2D eigenvalue weighted by Crippen LogP contribution is -2.43. The van der Waals surface area contributed by atoms with Crippen molar-refractivity contribution < 1.29 is 18.9 Å². The molecule has 1 heterocycles. The van der Waals surface area contributed by atoms with Gasteiger partial charge in [-0.25, -0.2) is 0 Å². The minimum absolute atomic E-state index is 0.0595. The predicted octanol–water partition coefficient (Wildman–Crippen LogP) is 6.32. The molecular formula is C27H46O4. The van der Waals surface area contributed by atoms with Gasteiger partial charge >= 0.3 is 0 Å². The van der Waals surface area contributed by atoms with E-state index in [2.05, 4.69) is 39.5 Å². The fourth-order valence-electron chi connectivity index (χ4n) is 6.39. The van der Waals surface area contributed by atoms with E-state index in [1.807, 2.05) is 13.8 Å². The molecule has 0 radical (unpaired) electrons.